The number of rotatable bonds is 3. The van der Waals surface area contributed by atoms with Gasteiger partial charge in [-0.3, -0.25) is 0 Å². The van der Waals surface area contributed by atoms with Gasteiger partial charge in [-0.15, -0.1) is 11.3 Å². The summed E-state index contributed by atoms with van der Waals surface area (Å²) in [6.07, 6.45) is 11.0. The van der Waals surface area contributed by atoms with Gasteiger partial charge in [0.05, 0.1) is 22.4 Å². The molecule has 0 bridgehead atoms. The molecule has 0 amide bonds. The fraction of sp³-hybridized carbons (Fsp3) is 0.0417. The van der Waals surface area contributed by atoms with Gasteiger partial charge in [-0.2, -0.15) is 0 Å². The lowest BCUT2D eigenvalue weighted by Gasteiger charge is -2.16. The van der Waals surface area contributed by atoms with Crippen molar-refractivity contribution >= 4 is 97.0 Å². The Morgan fingerprint density at radius 3 is 2.00 bits per heavy atom. The van der Waals surface area contributed by atoms with Crippen molar-refractivity contribution in [2.45, 2.75) is 12.8 Å². The number of nitrogens with zero attached hydrogens (tertiary/aromatic N) is 1. The number of allylic oxidation sites excluding steroid dienone is 4. The molecule has 248 valence electrons. The molecule has 52 heavy (non-hydrogen) atoms. The maximum Gasteiger partial charge on any atom is 0.0649 e. The summed E-state index contributed by atoms with van der Waals surface area (Å²) in [6, 6.07) is 49.9. The van der Waals surface area contributed by atoms with Crippen LogP contribution in [0.15, 0.2) is 164 Å². The monoisotopic (exact) mass is 685 g/mol. The second-order valence-electron chi connectivity index (χ2n) is 13.5. The molecule has 4 N–H and O–H groups in total. The van der Waals surface area contributed by atoms with Crippen LogP contribution in [0.25, 0.3) is 91.4 Å². The summed E-state index contributed by atoms with van der Waals surface area (Å²) in [6.45, 7) is 0. The Bertz CT molecular complexity index is 3070. The van der Waals surface area contributed by atoms with E-state index in [-0.39, 0.29) is 0 Å². The highest BCUT2D eigenvalue weighted by atomic mass is 32.1. The van der Waals surface area contributed by atoms with Crippen LogP contribution in [0.4, 0.5) is 0 Å². The summed E-state index contributed by atoms with van der Waals surface area (Å²) in [5, 5.41) is 12.5. The van der Waals surface area contributed by atoms with E-state index in [0.717, 1.165) is 27.8 Å². The zero-order valence-corrected chi connectivity index (χ0v) is 29.3. The standard InChI is InChI=1S/C42H27N3S.C6H8/c43-40(25-10-2-1-3-11-25)41(44)32-21-20-31-37-27-12-5-4-9-24(27)17-19-30(37)29-14-8-15-34-38(29)39(31)42(32)45(34)26-18-22-36-33(23-26)28-13-6-7-16-35(28)46-36;1-2-4-6-5-3-1/h1-23H,43-44H2;1-4H,5-6H2/b41-40-;. The Labute approximate surface area is 305 Å². The lowest BCUT2D eigenvalue weighted by atomic mass is 9.90. The third kappa shape index (κ3) is 4.65. The molecular weight excluding hydrogens is 651 g/mol. The van der Waals surface area contributed by atoms with Gasteiger partial charge in [0.2, 0.25) is 0 Å². The van der Waals surface area contributed by atoms with Crippen molar-refractivity contribution < 1.29 is 0 Å². The van der Waals surface area contributed by atoms with Crippen LogP contribution in [0.1, 0.15) is 24.0 Å². The quantitative estimate of drug-likeness (QED) is 0.144. The van der Waals surface area contributed by atoms with Gasteiger partial charge >= 0.3 is 0 Å². The molecule has 2 heterocycles. The average Bonchev–Trinajstić information content (AvgIpc) is 3.77. The Morgan fingerprint density at radius 2 is 1.19 bits per heavy atom. The smallest absolute Gasteiger partial charge is 0.0649 e. The van der Waals surface area contributed by atoms with E-state index in [2.05, 4.69) is 138 Å². The highest BCUT2D eigenvalue weighted by molar-refractivity contribution is 7.25. The van der Waals surface area contributed by atoms with Gasteiger partial charge in [0.25, 0.3) is 0 Å². The van der Waals surface area contributed by atoms with Crippen LogP contribution in [0.5, 0.6) is 0 Å². The third-order valence-corrected chi connectivity index (χ3v) is 11.7. The topological polar surface area (TPSA) is 57.0 Å². The maximum atomic E-state index is 7.09. The molecule has 0 saturated heterocycles. The lowest BCUT2D eigenvalue weighted by molar-refractivity contribution is 1.04. The Kier molecular flexibility index (Phi) is 7.12. The van der Waals surface area contributed by atoms with Gasteiger partial charge in [0, 0.05) is 42.2 Å². The Morgan fingerprint density at radius 1 is 0.500 bits per heavy atom. The zero-order valence-electron chi connectivity index (χ0n) is 28.5. The van der Waals surface area contributed by atoms with Gasteiger partial charge < -0.3 is 16.0 Å². The maximum absolute atomic E-state index is 7.09. The molecule has 1 aliphatic rings. The van der Waals surface area contributed by atoms with Crippen molar-refractivity contribution in [1.82, 2.24) is 4.57 Å². The first kappa shape index (κ1) is 30.5. The van der Waals surface area contributed by atoms with E-state index >= 15 is 0 Å². The highest BCUT2D eigenvalue weighted by Crippen LogP contribution is 2.48. The van der Waals surface area contributed by atoms with Crippen molar-refractivity contribution in [2.24, 2.45) is 11.5 Å². The molecule has 0 saturated carbocycles. The van der Waals surface area contributed by atoms with Crippen LogP contribution in [0.3, 0.4) is 0 Å². The number of nitrogens with two attached hydrogens (primary N) is 2. The lowest BCUT2D eigenvalue weighted by Crippen LogP contribution is -2.09. The zero-order chi connectivity index (χ0) is 34.8. The molecular formula is C48H35N3S. The Hall–Kier alpha value is -6.36. The second-order valence-corrected chi connectivity index (χ2v) is 14.6. The van der Waals surface area contributed by atoms with Crippen molar-refractivity contribution in [2.75, 3.05) is 0 Å². The molecule has 10 aromatic rings. The number of hydrogen-bond donors (Lipinski definition) is 2. The summed E-state index contributed by atoms with van der Waals surface area (Å²) < 4.78 is 4.99. The molecule has 1 aliphatic carbocycles. The number of thiophene rings is 1. The Balaban J connectivity index is 0.000000516. The highest BCUT2D eigenvalue weighted by Gasteiger charge is 2.24. The molecule has 8 aromatic carbocycles. The van der Waals surface area contributed by atoms with E-state index in [9.17, 15) is 0 Å². The molecule has 0 atom stereocenters. The number of fused-ring (bicyclic) bond motifs is 8. The van der Waals surface area contributed by atoms with Crippen molar-refractivity contribution in [3.8, 4) is 5.69 Å². The fourth-order valence-electron chi connectivity index (χ4n) is 8.20. The molecule has 4 heteroatoms. The van der Waals surface area contributed by atoms with Crippen LogP contribution in [0.2, 0.25) is 0 Å². The normalized spacial score (nSPS) is 13.5. The molecule has 0 fully saturated rings. The molecule has 2 aromatic heterocycles. The third-order valence-electron chi connectivity index (χ3n) is 10.6. The van der Waals surface area contributed by atoms with Gasteiger partial charge in [0.15, 0.2) is 0 Å². The van der Waals surface area contributed by atoms with Gasteiger partial charge in [-0.1, -0.05) is 133 Å². The van der Waals surface area contributed by atoms with Gasteiger partial charge in [-0.05, 0) is 81.1 Å². The van der Waals surface area contributed by atoms with Crippen LogP contribution in [0, 0.1) is 0 Å². The average molecular weight is 686 g/mol. The van der Waals surface area contributed by atoms with E-state index in [1.807, 2.05) is 41.7 Å². The van der Waals surface area contributed by atoms with Gasteiger partial charge in [-0.25, -0.2) is 0 Å². The molecule has 0 aliphatic heterocycles. The summed E-state index contributed by atoms with van der Waals surface area (Å²) in [5.41, 5.74) is 20.3. The summed E-state index contributed by atoms with van der Waals surface area (Å²) >= 11 is 1.84. The van der Waals surface area contributed by atoms with Crippen molar-refractivity contribution in [3.63, 3.8) is 0 Å². The molecule has 0 radical (unpaired) electrons. The van der Waals surface area contributed by atoms with E-state index in [1.54, 1.807) is 0 Å². The first-order valence-corrected chi connectivity index (χ1v) is 18.7. The molecule has 0 spiro atoms. The number of aromatic nitrogens is 1. The molecule has 0 unspecified atom stereocenters. The van der Waals surface area contributed by atoms with Crippen LogP contribution in [-0.4, -0.2) is 4.57 Å². The predicted octanol–water partition coefficient (Wildman–Crippen LogP) is 12.7. The first-order valence-electron chi connectivity index (χ1n) is 17.8. The second kappa shape index (κ2) is 12.2. The summed E-state index contributed by atoms with van der Waals surface area (Å²) in [5.74, 6) is 0. The number of benzene rings is 8. The fourth-order valence-corrected chi connectivity index (χ4v) is 9.29. The minimum absolute atomic E-state index is 0.578. The summed E-state index contributed by atoms with van der Waals surface area (Å²) in [7, 11) is 0. The molecule has 11 rings (SSSR count). The van der Waals surface area contributed by atoms with Crippen LogP contribution in [-0.2, 0) is 0 Å². The van der Waals surface area contributed by atoms with E-state index in [4.69, 9.17) is 11.5 Å². The van der Waals surface area contributed by atoms with Gasteiger partial charge in [0.1, 0.15) is 0 Å². The van der Waals surface area contributed by atoms with E-state index in [0.29, 0.717) is 11.4 Å². The first-order chi connectivity index (χ1) is 25.7. The number of hydrogen-bond acceptors (Lipinski definition) is 3. The predicted molar refractivity (Wildman–Crippen MR) is 227 cm³/mol. The summed E-state index contributed by atoms with van der Waals surface area (Å²) in [4.78, 5) is 0. The minimum Gasteiger partial charge on any atom is -0.397 e. The van der Waals surface area contributed by atoms with E-state index in [1.165, 1.54) is 76.1 Å². The minimum atomic E-state index is 0.578. The van der Waals surface area contributed by atoms with E-state index < -0.39 is 0 Å². The van der Waals surface area contributed by atoms with Crippen LogP contribution < -0.4 is 11.5 Å². The van der Waals surface area contributed by atoms with Crippen molar-refractivity contribution in [3.05, 3.63) is 175 Å². The molecule has 3 nitrogen and oxygen atoms in total. The van der Waals surface area contributed by atoms with Crippen molar-refractivity contribution in [1.29, 1.82) is 0 Å². The largest absolute Gasteiger partial charge is 0.397 e. The SMILES string of the molecule is C1=CCCC=C1.N/C(=C(\N)c1ccc2c3c4ccccc4ccc3c3cccc4c3c2c1n4-c1ccc2sc3ccccc3c2c1)c1ccccc1. The van der Waals surface area contributed by atoms with Crippen LogP contribution >= 0.6 is 11.3 Å².